The molecule has 0 aromatic heterocycles. The topological polar surface area (TPSA) is 159 Å². The molecular weight excluding hydrogens is 664 g/mol. The highest BCUT2D eigenvalue weighted by atomic mass is 16.5. The van der Waals surface area contributed by atoms with Crippen LogP contribution in [0.25, 0.3) is 0 Å². The van der Waals surface area contributed by atoms with Crippen LogP contribution in [0.1, 0.15) is 106 Å². The molecule has 1 unspecified atom stereocenters. The van der Waals surface area contributed by atoms with Gasteiger partial charge < -0.3 is 25.2 Å². The minimum atomic E-state index is -0.956. The summed E-state index contributed by atoms with van der Waals surface area (Å²) in [6.45, 7) is 16.0. The van der Waals surface area contributed by atoms with E-state index in [4.69, 9.17) is 4.74 Å². The Hall–Kier alpha value is -4.09. The molecule has 0 radical (unpaired) electrons. The number of nitrogens with zero attached hydrogens (tertiary/aromatic N) is 2. The number of benzene rings is 1. The molecule has 6 atom stereocenters. The second-order valence-electron chi connectivity index (χ2n) is 16.8. The zero-order valence-electron chi connectivity index (χ0n) is 32.7. The lowest BCUT2D eigenvalue weighted by Gasteiger charge is -2.37. The third-order valence-corrected chi connectivity index (χ3v) is 10.4. The summed E-state index contributed by atoms with van der Waals surface area (Å²) in [5, 5.41) is 5.44. The first kappa shape index (κ1) is 42.3. The molecule has 1 aliphatic carbocycles. The number of likely N-dealkylation sites (N-methyl/N-ethyl adjacent to an activating group) is 1. The standard InChI is InChI=1S/C40H60N4O8/c1-11-12-16-26(34(48)28(45)19-20-30(47)41-32(36(49)43(9)10)25-17-14-13-15-18-25)21-29(46)33-31-27(40(31,7)8)22-44(33)37(50)35(39(4,5)6)42-38(51)52-23-24(2)3/h13-15,17-18,24,26-27,31-33,35H,11-12,16,19-23H2,1-10H3,(H,41,47)(H,42,51)/t26?,27-,31-,32-,33+,35+/m0/s1. The second kappa shape index (κ2) is 17.6. The van der Waals surface area contributed by atoms with Crippen LogP contribution < -0.4 is 10.6 Å². The van der Waals surface area contributed by atoms with E-state index in [2.05, 4.69) is 24.5 Å². The summed E-state index contributed by atoms with van der Waals surface area (Å²) in [7, 11) is 3.17. The maximum Gasteiger partial charge on any atom is 0.407 e. The molecule has 1 heterocycles. The van der Waals surface area contributed by atoms with Crippen molar-refractivity contribution in [1.29, 1.82) is 0 Å². The molecule has 52 heavy (non-hydrogen) atoms. The van der Waals surface area contributed by atoms with Crippen molar-refractivity contribution in [2.45, 2.75) is 112 Å². The van der Waals surface area contributed by atoms with Crippen LogP contribution in [0.3, 0.4) is 0 Å². The van der Waals surface area contributed by atoms with E-state index >= 15 is 0 Å². The molecule has 2 fully saturated rings. The number of amides is 4. The highest BCUT2D eigenvalue weighted by Crippen LogP contribution is 2.65. The van der Waals surface area contributed by atoms with Gasteiger partial charge in [0.2, 0.25) is 23.5 Å². The van der Waals surface area contributed by atoms with Gasteiger partial charge >= 0.3 is 6.09 Å². The zero-order valence-corrected chi connectivity index (χ0v) is 32.7. The van der Waals surface area contributed by atoms with E-state index < -0.39 is 53.0 Å². The molecule has 288 valence electrons. The number of unbranched alkanes of at least 4 members (excludes halogenated alkanes) is 1. The molecule has 2 aliphatic rings. The quantitative estimate of drug-likeness (QED) is 0.203. The van der Waals surface area contributed by atoms with Gasteiger partial charge in [-0.3, -0.25) is 28.8 Å². The van der Waals surface area contributed by atoms with Crippen LogP contribution in [0.2, 0.25) is 0 Å². The Balaban J connectivity index is 1.74. The monoisotopic (exact) mass is 724 g/mol. The lowest BCUT2D eigenvalue weighted by molar-refractivity contribution is -0.145. The molecule has 4 amide bonds. The predicted octanol–water partition coefficient (Wildman–Crippen LogP) is 4.90. The molecule has 1 aromatic rings. The highest BCUT2D eigenvalue weighted by molar-refractivity contribution is 6.38. The lowest BCUT2D eigenvalue weighted by atomic mass is 9.83. The van der Waals surface area contributed by atoms with E-state index in [1.54, 1.807) is 49.3 Å². The fourth-order valence-corrected chi connectivity index (χ4v) is 7.24. The minimum absolute atomic E-state index is 0.0861. The summed E-state index contributed by atoms with van der Waals surface area (Å²) < 4.78 is 5.31. The Morgan fingerprint density at radius 1 is 0.981 bits per heavy atom. The SMILES string of the molecule is CCCCC(CC(=O)[C@@H]1[C@@H]2[C@H](CN1C(=O)[C@@H](NC(=O)OCC(C)C)C(C)(C)C)C2(C)C)C(=O)C(=O)CCC(=O)N[C@H](C(=O)N(C)C)c1ccccc1. The van der Waals surface area contributed by atoms with Crippen LogP contribution in [-0.4, -0.2) is 90.3 Å². The Morgan fingerprint density at radius 2 is 1.62 bits per heavy atom. The minimum Gasteiger partial charge on any atom is -0.449 e. The van der Waals surface area contributed by atoms with Crippen LogP contribution in [0, 0.1) is 34.5 Å². The van der Waals surface area contributed by atoms with Crippen LogP contribution in [0.5, 0.6) is 0 Å². The van der Waals surface area contributed by atoms with Crippen LogP contribution in [-0.2, 0) is 33.5 Å². The number of nitrogens with one attached hydrogen (secondary N) is 2. The summed E-state index contributed by atoms with van der Waals surface area (Å²) >= 11 is 0. The van der Waals surface area contributed by atoms with Crippen molar-refractivity contribution in [3.8, 4) is 0 Å². The van der Waals surface area contributed by atoms with Gasteiger partial charge in [0.1, 0.15) is 12.1 Å². The number of piperidine rings is 1. The number of likely N-dealkylation sites (tertiary alicyclic amines) is 1. The van der Waals surface area contributed by atoms with Gasteiger partial charge in [0.15, 0.2) is 11.6 Å². The highest BCUT2D eigenvalue weighted by Gasteiger charge is 2.69. The van der Waals surface area contributed by atoms with E-state index in [9.17, 15) is 33.6 Å². The van der Waals surface area contributed by atoms with Crippen LogP contribution in [0.15, 0.2) is 30.3 Å². The van der Waals surface area contributed by atoms with E-state index in [0.717, 1.165) is 6.42 Å². The number of hydrogen-bond acceptors (Lipinski definition) is 8. The van der Waals surface area contributed by atoms with Crippen LogP contribution in [0.4, 0.5) is 4.79 Å². The molecule has 12 heteroatoms. The van der Waals surface area contributed by atoms with Crippen molar-refractivity contribution in [3.05, 3.63) is 35.9 Å². The Kier molecular flexibility index (Phi) is 14.3. The average Bonchev–Trinajstić information content (AvgIpc) is 3.38. The van der Waals surface area contributed by atoms with E-state index in [1.807, 2.05) is 41.5 Å². The normalized spacial score (nSPS) is 20.6. The third-order valence-electron chi connectivity index (χ3n) is 10.4. The van der Waals surface area contributed by atoms with Gasteiger partial charge in [-0.15, -0.1) is 0 Å². The molecule has 1 aliphatic heterocycles. The first-order valence-corrected chi connectivity index (χ1v) is 18.6. The first-order chi connectivity index (χ1) is 24.2. The van der Waals surface area contributed by atoms with Crippen molar-refractivity contribution < 1.29 is 38.3 Å². The largest absolute Gasteiger partial charge is 0.449 e. The maximum atomic E-state index is 14.2. The first-order valence-electron chi connectivity index (χ1n) is 18.6. The Labute approximate surface area is 309 Å². The fraction of sp³-hybridized carbons (Fsp3) is 0.675. The smallest absolute Gasteiger partial charge is 0.407 e. The van der Waals surface area contributed by atoms with Crippen molar-refractivity contribution >= 4 is 41.2 Å². The number of ether oxygens (including phenoxy) is 1. The number of fused-ring (bicyclic) bond motifs is 1. The molecule has 3 rings (SSSR count). The number of hydrogen-bond donors (Lipinski definition) is 2. The summed E-state index contributed by atoms with van der Waals surface area (Å²) in [6.07, 6.45) is 0.103. The number of carbonyl (C=O) groups is 7. The van der Waals surface area contributed by atoms with Gasteiger partial charge in [-0.1, -0.05) is 98.6 Å². The molecular formula is C40H60N4O8. The number of alkyl carbamates (subject to hydrolysis) is 1. The van der Waals surface area contributed by atoms with E-state index in [1.165, 1.54) is 4.90 Å². The number of ketones is 3. The van der Waals surface area contributed by atoms with Gasteiger partial charge in [-0.2, -0.15) is 0 Å². The number of rotatable bonds is 18. The van der Waals surface area contributed by atoms with Gasteiger partial charge in [0.25, 0.3) is 0 Å². The molecule has 1 saturated heterocycles. The molecule has 1 saturated carbocycles. The van der Waals surface area contributed by atoms with Gasteiger partial charge in [-0.05, 0) is 40.6 Å². The molecule has 12 nitrogen and oxygen atoms in total. The average molecular weight is 725 g/mol. The summed E-state index contributed by atoms with van der Waals surface area (Å²) in [5.41, 5.74) is -0.287. The lowest BCUT2D eigenvalue weighted by Crippen LogP contribution is -2.58. The van der Waals surface area contributed by atoms with Crippen molar-refractivity contribution in [2.24, 2.45) is 34.5 Å². The molecule has 0 spiro atoms. The van der Waals surface area contributed by atoms with Gasteiger partial charge in [-0.25, -0.2) is 4.79 Å². The van der Waals surface area contributed by atoms with Crippen molar-refractivity contribution in [1.82, 2.24) is 20.4 Å². The Morgan fingerprint density at radius 3 is 2.17 bits per heavy atom. The second-order valence-corrected chi connectivity index (χ2v) is 16.8. The fourth-order valence-electron chi connectivity index (χ4n) is 7.24. The van der Waals surface area contributed by atoms with Crippen molar-refractivity contribution in [2.75, 3.05) is 27.2 Å². The molecule has 1 aromatic carbocycles. The van der Waals surface area contributed by atoms with Gasteiger partial charge in [0.05, 0.1) is 12.6 Å². The number of carbonyl (C=O) groups excluding carboxylic acids is 7. The summed E-state index contributed by atoms with van der Waals surface area (Å²) in [5.74, 6) is -3.81. The molecule has 0 bridgehead atoms. The van der Waals surface area contributed by atoms with Crippen molar-refractivity contribution in [3.63, 3.8) is 0 Å². The summed E-state index contributed by atoms with van der Waals surface area (Å²) in [4.78, 5) is 96.7. The summed E-state index contributed by atoms with van der Waals surface area (Å²) in [6, 6.07) is 6.06. The van der Waals surface area contributed by atoms with E-state index in [0.29, 0.717) is 24.9 Å². The predicted molar refractivity (Wildman–Crippen MR) is 197 cm³/mol. The van der Waals surface area contributed by atoms with Gasteiger partial charge in [0, 0.05) is 45.8 Å². The Bertz CT molecular complexity index is 1480. The zero-order chi connectivity index (χ0) is 39.1. The van der Waals surface area contributed by atoms with E-state index in [-0.39, 0.29) is 66.6 Å². The van der Waals surface area contributed by atoms with Crippen LogP contribution >= 0.6 is 0 Å². The third kappa shape index (κ3) is 10.5. The maximum absolute atomic E-state index is 14.2. The number of Topliss-reactive ketones (excluding diaryl/α,β-unsaturated/α-hetero) is 3. The molecule has 2 N–H and O–H groups in total.